The van der Waals surface area contributed by atoms with Gasteiger partial charge in [0.25, 0.3) is 0 Å². The van der Waals surface area contributed by atoms with Crippen LogP contribution in [0, 0.1) is 17.3 Å². The molecule has 3 aliphatic rings. The molecule has 3 aliphatic carbocycles. The van der Waals surface area contributed by atoms with Crippen molar-refractivity contribution in [1.29, 1.82) is 0 Å². The average Bonchev–Trinajstić information content (AvgIpc) is 3.18. The summed E-state index contributed by atoms with van der Waals surface area (Å²) < 4.78 is 6.10. The van der Waals surface area contributed by atoms with Gasteiger partial charge in [-0.1, -0.05) is 78.8 Å². The van der Waals surface area contributed by atoms with Gasteiger partial charge in [-0.3, -0.25) is 4.79 Å². The molecule has 0 radical (unpaired) electrons. The quantitative estimate of drug-likeness (QED) is 0.362. The molecule has 184 valence electrons. The van der Waals surface area contributed by atoms with Gasteiger partial charge >= 0.3 is 0 Å². The van der Waals surface area contributed by atoms with Crippen molar-refractivity contribution in [2.45, 2.75) is 58.2 Å². The minimum Gasteiger partial charge on any atom is -0.489 e. The summed E-state index contributed by atoms with van der Waals surface area (Å²) in [5, 5.41) is 4.36. The number of nitrogens with zero attached hydrogens (tertiary/aromatic N) is 1. The average molecular weight is 480 g/mol. The molecule has 4 atom stereocenters. The highest BCUT2D eigenvalue weighted by Crippen LogP contribution is 2.59. The molecule has 0 aliphatic heterocycles. The third-order valence-electron chi connectivity index (χ3n) is 8.78. The number of fused-ring (bicyclic) bond motifs is 5. The van der Waals surface area contributed by atoms with E-state index in [0.717, 1.165) is 43.4 Å². The largest absolute Gasteiger partial charge is 0.489 e. The summed E-state index contributed by atoms with van der Waals surface area (Å²) in [5.41, 5.74) is 5.43. The van der Waals surface area contributed by atoms with Gasteiger partial charge in [-0.15, -0.1) is 0 Å². The molecule has 3 aromatic rings. The molecule has 2 saturated carbocycles. The van der Waals surface area contributed by atoms with Crippen molar-refractivity contribution in [3.05, 3.63) is 101 Å². The fraction of sp³-hybridized carbons (Fsp3) is 0.375. The summed E-state index contributed by atoms with van der Waals surface area (Å²) in [6, 6.07) is 26.9. The van der Waals surface area contributed by atoms with Crippen molar-refractivity contribution in [3.63, 3.8) is 0 Å². The number of oxime groups is 1. The third kappa shape index (κ3) is 4.23. The van der Waals surface area contributed by atoms with E-state index in [4.69, 9.17) is 9.57 Å². The van der Waals surface area contributed by atoms with Crippen LogP contribution in [0.3, 0.4) is 0 Å². The van der Waals surface area contributed by atoms with Crippen LogP contribution in [0.25, 0.3) is 0 Å². The van der Waals surface area contributed by atoms with Crippen molar-refractivity contribution in [3.8, 4) is 5.75 Å². The van der Waals surface area contributed by atoms with Gasteiger partial charge in [-0.2, -0.15) is 0 Å². The zero-order valence-corrected chi connectivity index (χ0v) is 20.9. The van der Waals surface area contributed by atoms with Crippen molar-refractivity contribution in [1.82, 2.24) is 0 Å². The van der Waals surface area contributed by atoms with E-state index in [9.17, 15) is 4.79 Å². The number of carbonyl (C=O) groups excluding carboxylic acids is 1. The Balaban J connectivity index is 1.16. The van der Waals surface area contributed by atoms with E-state index in [1.807, 2.05) is 48.5 Å². The molecule has 36 heavy (non-hydrogen) atoms. The summed E-state index contributed by atoms with van der Waals surface area (Å²) in [7, 11) is 0. The number of hydrogen-bond donors (Lipinski definition) is 0. The number of ether oxygens (including phenoxy) is 1. The number of ketones is 1. The minimum atomic E-state index is -0.313. The molecule has 6 rings (SSSR count). The van der Waals surface area contributed by atoms with Gasteiger partial charge in [0.05, 0.1) is 0 Å². The SMILES string of the molecule is C[C@]12CC[C@@H]3c4ccc(OCc5ccccc5)cc4CC[C@H]3[C@@H]1C/C(=N\OCc1ccccc1)C2=O. The highest BCUT2D eigenvalue weighted by Gasteiger charge is 2.57. The Morgan fingerprint density at radius 3 is 2.39 bits per heavy atom. The molecule has 0 spiro atoms. The van der Waals surface area contributed by atoms with Crippen LogP contribution in [0.15, 0.2) is 84.0 Å². The molecule has 0 saturated heterocycles. The first-order valence-corrected chi connectivity index (χ1v) is 13.2. The maximum atomic E-state index is 13.4. The molecule has 0 heterocycles. The van der Waals surface area contributed by atoms with E-state index in [1.165, 1.54) is 16.7 Å². The van der Waals surface area contributed by atoms with Crippen LogP contribution in [-0.4, -0.2) is 11.5 Å². The van der Waals surface area contributed by atoms with E-state index in [2.05, 4.69) is 42.4 Å². The first kappa shape index (κ1) is 23.0. The van der Waals surface area contributed by atoms with Gasteiger partial charge in [0.2, 0.25) is 0 Å². The normalized spacial score (nSPS) is 27.8. The lowest BCUT2D eigenvalue weighted by Gasteiger charge is -2.47. The number of rotatable bonds is 6. The molecule has 0 aromatic heterocycles. The standard InChI is InChI=1S/C32H33NO3/c1-32-17-16-27-26-15-13-25(35-20-22-8-4-2-5-9-22)18-24(26)12-14-28(27)29(32)19-30(31(32)34)33-36-21-23-10-6-3-7-11-23/h2-11,13,15,18,27-29H,12,14,16-17,19-21H2,1H3/b33-30+/t27-,28-,29+,32+/m1/s1. The van der Waals surface area contributed by atoms with E-state index in [1.54, 1.807) is 0 Å². The number of hydrogen-bond acceptors (Lipinski definition) is 4. The summed E-state index contributed by atoms with van der Waals surface area (Å²) in [5.74, 6) is 2.50. The minimum absolute atomic E-state index is 0.203. The Morgan fingerprint density at radius 1 is 0.917 bits per heavy atom. The number of carbonyl (C=O) groups is 1. The fourth-order valence-corrected chi connectivity index (χ4v) is 6.84. The smallest absolute Gasteiger partial charge is 0.186 e. The zero-order valence-electron chi connectivity index (χ0n) is 20.9. The van der Waals surface area contributed by atoms with E-state index >= 15 is 0 Å². The van der Waals surface area contributed by atoms with Gasteiger partial charge in [0, 0.05) is 11.8 Å². The molecule has 0 amide bonds. The predicted octanol–water partition coefficient (Wildman–Crippen LogP) is 6.87. The fourth-order valence-electron chi connectivity index (χ4n) is 6.84. The van der Waals surface area contributed by atoms with Gasteiger partial charge in [-0.25, -0.2) is 0 Å². The predicted molar refractivity (Wildman–Crippen MR) is 141 cm³/mol. The summed E-state index contributed by atoms with van der Waals surface area (Å²) in [4.78, 5) is 19.1. The van der Waals surface area contributed by atoms with Crippen molar-refractivity contribution in [2.24, 2.45) is 22.4 Å². The Kier molecular flexibility index (Phi) is 6.12. The number of Topliss-reactive ketones (excluding diaryl/α,β-unsaturated/α-hetero) is 1. The van der Waals surface area contributed by atoms with Crippen LogP contribution in [0.5, 0.6) is 5.75 Å². The van der Waals surface area contributed by atoms with E-state index in [-0.39, 0.29) is 11.2 Å². The molecule has 2 fully saturated rings. The maximum absolute atomic E-state index is 13.4. The second kappa shape index (κ2) is 9.57. The van der Waals surface area contributed by atoms with Crippen molar-refractivity contribution >= 4 is 11.5 Å². The molecule has 0 bridgehead atoms. The highest BCUT2D eigenvalue weighted by atomic mass is 16.6. The Labute approximate surface area is 213 Å². The monoisotopic (exact) mass is 479 g/mol. The lowest BCUT2D eigenvalue weighted by Crippen LogP contribution is -2.42. The van der Waals surface area contributed by atoms with Gasteiger partial charge in [0.1, 0.15) is 24.7 Å². The van der Waals surface area contributed by atoms with Crippen LogP contribution < -0.4 is 4.74 Å². The third-order valence-corrected chi connectivity index (χ3v) is 8.78. The molecule has 0 N–H and O–H groups in total. The van der Waals surface area contributed by atoms with Crippen LogP contribution >= 0.6 is 0 Å². The lowest BCUT2D eigenvalue weighted by molar-refractivity contribution is -0.125. The highest BCUT2D eigenvalue weighted by molar-refractivity contribution is 6.43. The van der Waals surface area contributed by atoms with Crippen molar-refractivity contribution in [2.75, 3.05) is 0 Å². The second-order valence-electron chi connectivity index (χ2n) is 10.8. The number of aryl methyl sites for hydroxylation is 1. The first-order valence-electron chi connectivity index (χ1n) is 13.2. The van der Waals surface area contributed by atoms with Crippen LogP contribution in [0.4, 0.5) is 0 Å². The van der Waals surface area contributed by atoms with E-state index < -0.39 is 0 Å². The van der Waals surface area contributed by atoms with Crippen LogP contribution in [-0.2, 0) is 29.3 Å². The van der Waals surface area contributed by atoms with Gasteiger partial charge in [-0.05, 0) is 77.8 Å². The molecule has 3 aromatic carbocycles. The first-order chi connectivity index (χ1) is 17.6. The molecule has 4 nitrogen and oxygen atoms in total. The van der Waals surface area contributed by atoms with Crippen LogP contribution in [0.2, 0.25) is 0 Å². The molecular formula is C32H33NO3. The van der Waals surface area contributed by atoms with Crippen molar-refractivity contribution < 1.29 is 14.4 Å². The Morgan fingerprint density at radius 2 is 1.64 bits per heavy atom. The topological polar surface area (TPSA) is 47.9 Å². The summed E-state index contributed by atoms with van der Waals surface area (Å²) in [6.45, 7) is 3.15. The molecule has 4 heteroatoms. The molecular weight excluding hydrogens is 446 g/mol. The number of benzene rings is 3. The maximum Gasteiger partial charge on any atom is 0.186 e. The summed E-state index contributed by atoms with van der Waals surface area (Å²) >= 11 is 0. The second-order valence-corrected chi connectivity index (χ2v) is 10.8. The van der Waals surface area contributed by atoms with Crippen LogP contribution in [0.1, 0.15) is 60.8 Å². The summed E-state index contributed by atoms with van der Waals surface area (Å²) in [6.07, 6.45) is 4.86. The van der Waals surface area contributed by atoms with E-state index in [0.29, 0.717) is 36.7 Å². The zero-order chi connectivity index (χ0) is 24.5. The van der Waals surface area contributed by atoms with Gasteiger partial charge < -0.3 is 9.57 Å². The molecule has 0 unspecified atom stereocenters. The Bertz CT molecular complexity index is 1270. The van der Waals surface area contributed by atoms with Gasteiger partial charge in [0.15, 0.2) is 5.78 Å². The lowest BCUT2D eigenvalue weighted by atomic mass is 9.55. The Hall–Kier alpha value is -3.40.